The average Bonchev–Trinajstić information content (AvgIpc) is 2.80. The smallest absolute Gasteiger partial charge is 0.325 e. The van der Waals surface area contributed by atoms with Crippen molar-refractivity contribution in [2.24, 2.45) is 0 Å². The van der Waals surface area contributed by atoms with E-state index in [-0.39, 0.29) is 11.9 Å². The molecule has 2 heterocycles. The largest absolute Gasteiger partial charge is 0.496 e. The van der Waals surface area contributed by atoms with E-state index in [4.69, 9.17) is 10.1 Å². The summed E-state index contributed by atoms with van der Waals surface area (Å²) in [6.45, 7) is 4.17. The molecule has 2 aromatic rings. The summed E-state index contributed by atoms with van der Waals surface area (Å²) in [6, 6.07) is 13.6. The summed E-state index contributed by atoms with van der Waals surface area (Å²) in [7, 11) is 1.67. The van der Waals surface area contributed by atoms with Gasteiger partial charge in [0.05, 0.1) is 7.11 Å². The Hall–Kier alpha value is -2.89. The quantitative estimate of drug-likeness (QED) is 0.617. The van der Waals surface area contributed by atoms with Crippen molar-refractivity contribution in [2.75, 3.05) is 31.6 Å². The Morgan fingerprint density at radius 3 is 2.60 bits per heavy atom. The number of benzene rings is 1. The number of likely N-dealkylation sites (tertiary alicyclic amines) is 1. The first kappa shape index (κ1) is 21.8. The maximum atomic E-state index is 13.2. The van der Waals surface area contributed by atoms with Crippen molar-refractivity contribution >= 4 is 17.6 Å². The summed E-state index contributed by atoms with van der Waals surface area (Å²) in [5, 5.41) is 8.52. The molecule has 1 fully saturated rings. The fourth-order valence-corrected chi connectivity index (χ4v) is 3.98. The molecule has 1 aromatic carbocycles. The van der Waals surface area contributed by atoms with Crippen molar-refractivity contribution in [2.45, 2.75) is 44.9 Å². The van der Waals surface area contributed by atoms with Crippen molar-refractivity contribution in [3.63, 3.8) is 0 Å². The molecular weight excluding hydrogens is 376 g/mol. The highest BCUT2D eigenvalue weighted by Crippen LogP contribution is 2.29. The lowest BCUT2D eigenvalue weighted by Crippen LogP contribution is -2.46. The van der Waals surface area contributed by atoms with Crippen molar-refractivity contribution in [1.29, 1.82) is 5.41 Å². The number of anilines is 1. The molecule has 0 aliphatic carbocycles. The van der Waals surface area contributed by atoms with E-state index in [1.54, 1.807) is 18.2 Å². The molecule has 30 heavy (non-hydrogen) atoms. The average molecular weight is 409 g/mol. The Bertz CT molecular complexity index is 834. The number of ether oxygens (including phenoxy) is 1. The van der Waals surface area contributed by atoms with Gasteiger partial charge in [0, 0.05) is 38.0 Å². The highest BCUT2D eigenvalue weighted by molar-refractivity contribution is 5.92. The summed E-state index contributed by atoms with van der Waals surface area (Å²) in [6.07, 6.45) is 6.14. The summed E-state index contributed by atoms with van der Waals surface area (Å²) in [5.74, 6) is 1.68. The maximum Gasteiger partial charge on any atom is 0.325 e. The third-order valence-electron chi connectivity index (χ3n) is 5.64. The number of amides is 2. The molecule has 1 N–H and O–H groups in total. The first-order valence-corrected chi connectivity index (χ1v) is 10.8. The third-order valence-corrected chi connectivity index (χ3v) is 5.64. The van der Waals surface area contributed by atoms with Crippen LogP contribution in [0.5, 0.6) is 5.75 Å². The molecule has 1 atom stereocenters. The van der Waals surface area contributed by atoms with Crippen LogP contribution in [0.2, 0.25) is 0 Å². The van der Waals surface area contributed by atoms with Crippen LogP contribution in [-0.2, 0) is 0 Å². The van der Waals surface area contributed by atoms with Crippen molar-refractivity contribution in [3.8, 4) is 5.75 Å². The van der Waals surface area contributed by atoms with Crippen LogP contribution in [0, 0.1) is 5.41 Å². The van der Waals surface area contributed by atoms with Crippen LogP contribution in [0.4, 0.5) is 10.6 Å². The molecule has 6 heteroatoms. The van der Waals surface area contributed by atoms with E-state index in [9.17, 15) is 4.79 Å². The SMILES string of the molecule is COc1ccccc1[C@H](C)CC(=N)CCN(C(=O)N1CCCCC1)c1ccccn1. The molecule has 0 saturated carbocycles. The molecule has 6 nitrogen and oxygen atoms in total. The van der Waals surface area contributed by atoms with Crippen LogP contribution in [0.25, 0.3) is 0 Å². The Balaban J connectivity index is 1.64. The fraction of sp³-hybridized carbons (Fsp3) is 0.458. The lowest BCUT2D eigenvalue weighted by atomic mass is 9.93. The number of methoxy groups -OCH3 is 1. The molecule has 0 spiro atoms. The van der Waals surface area contributed by atoms with Gasteiger partial charge in [0.15, 0.2) is 0 Å². The van der Waals surface area contributed by atoms with Gasteiger partial charge in [0.1, 0.15) is 11.6 Å². The van der Waals surface area contributed by atoms with Gasteiger partial charge >= 0.3 is 6.03 Å². The number of nitrogens with zero attached hydrogens (tertiary/aromatic N) is 3. The van der Waals surface area contributed by atoms with Gasteiger partial charge < -0.3 is 15.0 Å². The molecule has 0 radical (unpaired) electrons. The number of pyridine rings is 1. The van der Waals surface area contributed by atoms with E-state index in [0.717, 1.165) is 37.2 Å². The highest BCUT2D eigenvalue weighted by atomic mass is 16.5. The molecule has 3 rings (SSSR count). The van der Waals surface area contributed by atoms with Gasteiger partial charge in [-0.15, -0.1) is 0 Å². The van der Waals surface area contributed by atoms with Crippen LogP contribution in [-0.4, -0.2) is 48.4 Å². The number of carbonyl (C=O) groups is 1. The molecule has 1 aliphatic heterocycles. The molecule has 0 bridgehead atoms. The van der Waals surface area contributed by atoms with Gasteiger partial charge in [-0.2, -0.15) is 0 Å². The molecule has 1 saturated heterocycles. The first-order valence-electron chi connectivity index (χ1n) is 10.8. The normalized spacial score (nSPS) is 14.8. The minimum absolute atomic E-state index is 0.000947. The number of para-hydroxylation sites is 1. The van der Waals surface area contributed by atoms with Gasteiger partial charge in [0.25, 0.3) is 0 Å². The van der Waals surface area contributed by atoms with Crippen LogP contribution in [0.1, 0.15) is 50.5 Å². The lowest BCUT2D eigenvalue weighted by molar-refractivity contribution is 0.193. The van der Waals surface area contributed by atoms with Crippen molar-refractivity contribution in [3.05, 3.63) is 54.2 Å². The highest BCUT2D eigenvalue weighted by Gasteiger charge is 2.25. The Morgan fingerprint density at radius 1 is 1.17 bits per heavy atom. The van der Waals surface area contributed by atoms with Gasteiger partial charge in [-0.1, -0.05) is 31.2 Å². The van der Waals surface area contributed by atoms with Crippen LogP contribution in [0.15, 0.2) is 48.7 Å². The maximum absolute atomic E-state index is 13.2. The van der Waals surface area contributed by atoms with E-state index in [0.29, 0.717) is 30.9 Å². The van der Waals surface area contributed by atoms with Gasteiger partial charge in [-0.05, 0) is 55.4 Å². The van der Waals surface area contributed by atoms with Crippen molar-refractivity contribution in [1.82, 2.24) is 9.88 Å². The number of hydrogen-bond donors (Lipinski definition) is 1. The summed E-state index contributed by atoms with van der Waals surface area (Å²) < 4.78 is 5.47. The zero-order valence-corrected chi connectivity index (χ0v) is 18.0. The fourth-order valence-electron chi connectivity index (χ4n) is 3.98. The predicted molar refractivity (Wildman–Crippen MR) is 121 cm³/mol. The molecule has 1 aliphatic rings. The Labute approximate surface area is 179 Å². The van der Waals surface area contributed by atoms with E-state index >= 15 is 0 Å². The monoisotopic (exact) mass is 408 g/mol. The number of urea groups is 1. The molecular formula is C24H32N4O2. The topological polar surface area (TPSA) is 69.5 Å². The lowest BCUT2D eigenvalue weighted by Gasteiger charge is -2.32. The van der Waals surface area contributed by atoms with Crippen molar-refractivity contribution < 1.29 is 9.53 Å². The number of rotatable bonds is 8. The minimum atomic E-state index is -0.000947. The second-order valence-electron chi connectivity index (χ2n) is 7.87. The number of aromatic nitrogens is 1. The summed E-state index contributed by atoms with van der Waals surface area (Å²) >= 11 is 0. The second kappa shape index (κ2) is 10.8. The van der Waals surface area contributed by atoms with Crippen LogP contribution < -0.4 is 9.64 Å². The summed E-state index contributed by atoms with van der Waals surface area (Å²) in [5.41, 5.74) is 1.73. The molecule has 0 unspecified atom stereocenters. The van der Waals surface area contributed by atoms with E-state index in [1.165, 1.54) is 6.42 Å². The van der Waals surface area contributed by atoms with E-state index in [1.807, 2.05) is 41.3 Å². The Morgan fingerprint density at radius 2 is 1.90 bits per heavy atom. The van der Waals surface area contributed by atoms with Crippen LogP contribution in [0.3, 0.4) is 0 Å². The predicted octanol–water partition coefficient (Wildman–Crippen LogP) is 5.11. The molecule has 2 amide bonds. The number of piperidine rings is 1. The van der Waals surface area contributed by atoms with Gasteiger partial charge in [-0.3, -0.25) is 4.90 Å². The number of nitrogens with one attached hydrogen (secondary N) is 1. The van der Waals surface area contributed by atoms with Gasteiger partial charge in [0.2, 0.25) is 0 Å². The number of carbonyl (C=O) groups excluding carboxylic acids is 1. The molecule has 1 aromatic heterocycles. The summed E-state index contributed by atoms with van der Waals surface area (Å²) in [4.78, 5) is 21.2. The van der Waals surface area contributed by atoms with Crippen LogP contribution >= 0.6 is 0 Å². The third kappa shape index (κ3) is 5.59. The first-order chi connectivity index (χ1) is 14.6. The second-order valence-corrected chi connectivity index (χ2v) is 7.87. The minimum Gasteiger partial charge on any atom is -0.496 e. The zero-order valence-electron chi connectivity index (χ0n) is 18.0. The molecule has 160 valence electrons. The Kier molecular flexibility index (Phi) is 7.82. The number of hydrogen-bond acceptors (Lipinski definition) is 4. The van der Waals surface area contributed by atoms with E-state index < -0.39 is 0 Å². The zero-order chi connectivity index (χ0) is 21.3. The van der Waals surface area contributed by atoms with E-state index in [2.05, 4.69) is 18.0 Å². The standard InChI is InChI=1S/C24H32N4O2/c1-19(21-10-4-5-11-22(21)30-2)18-20(25)13-17-28(23-12-6-7-14-26-23)24(29)27-15-8-3-9-16-27/h4-7,10-12,14,19,25H,3,8-9,13,15-18H2,1-2H3/t19-/m1/s1. The van der Waals surface area contributed by atoms with Gasteiger partial charge in [-0.25, -0.2) is 9.78 Å².